The molecule has 2 N–H and O–H groups in total. The average Bonchev–Trinajstić information content (AvgIpc) is 2.84. The van der Waals surface area contributed by atoms with Crippen molar-refractivity contribution in [3.05, 3.63) is 26.6 Å². The zero-order chi connectivity index (χ0) is 17.9. The predicted molar refractivity (Wildman–Crippen MR) is 102 cm³/mol. The molecule has 2 rings (SSSR count). The molecule has 0 radical (unpaired) electrons. The highest BCUT2D eigenvalue weighted by molar-refractivity contribution is 7.99. The maximum absolute atomic E-state index is 12.3. The summed E-state index contributed by atoms with van der Waals surface area (Å²) in [5, 5.41) is 3.53. The molecular weight excluding hydrogens is 344 g/mol. The van der Waals surface area contributed by atoms with Crippen molar-refractivity contribution in [1.29, 1.82) is 0 Å². The molecule has 24 heavy (non-hydrogen) atoms. The largest absolute Gasteiger partial charge is 0.344 e. The molecule has 0 fully saturated rings. The molecule has 0 aliphatic carbocycles. The van der Waals surface area contributed by atoms with E-state index in [1.54, 1.807) is 11.9 Å². The molecule has 0 aliphatic rings. The highest BCUT2D eigenvalue weighted by atomic mass is 32.2. The van der Waals surface area contributed by atoms with Crippen molar-refractivity contribution in [2.45, 2.75) is 31.8 Å². The van der Waals surface area contributed by atoms with Crippen LogP contribution in [0.2, 0.25) is 0 Å². The van der Waals surface area contributed by atoms with Gasteiger partial charge in [-0.1, -0.05) is 0 Å². The fourth-order valence-corrected chi connectivity index (χ4v) is 4.26. The number of nitrogens with one attached hydrogen (secondary N) is 2. The number of hydrogen-bond acceptors (Lipinski definition) is 6. The second-order valence-corrected chi connectivity index (χ2v) is 8.32. The Kier molecular flexibility index (Phi) is 6.42. The molecule has 6 nitrogen and oxygen atoms in total. The highest BCUT2D eigenvalue weighted by Gasteiger charge is 2.18. The van der Waals surface area contributed by atoms with Gasteiger partial charge in [0.2, 0.25) is 5.91 Å². The molecule has 1 atom stereocenters. The number of aromatic amines is 1. The summed E-state index contributed by atoms with van der Waals surface area (Å²) >= 11 is 3.03. The van der Waals surface area contributed by atoms with Gasteiger partial charge >= 0.3 is 0 Å². The lowest BCUT2D eigenvalue weighted by Gasteiger charge is -2.20. The van der Waals surface area contributed by atoms with E-state index in [1.807, 2.05) is 27.8 Å². The number of fused-ring (bicyclic) bond motifs is 1. The Balaban J connectivity index is 2.05. The number of carbonyl (C=O) groups excluding carboxylic acids is 1. The Morgan fingerprint density at radius 2 is 2.17 bits per heavy atom. The van der Waals surface area contributed by atoms with Crippen molar-refractivity contribution >= 4 is 39.2 Å². The molecule has 1 amide bonds. The standard InChI is InChI=1S/C16H24N4O2S2/c1-9-10(2)24-15-13(9)14(21)18-12(19-15)8-23-11(3)16(22)20(5)7-6-17-4/h11,17H,6-8H2,1-5H3,(H,18,19,21). The van der Waals surface area contributed by atoms with Crippen LogP contribution in [0.15, 0.2) is 4.79 Å². The van der Waals surface area contributed by atoms with Gasteiger partial charge in [0.1, 0.15) is 10.7 Å². The summed E-state index contributed by atoms with van der Waals surface area (Å²) in [6.07, 6.45) is 0. The Morgan fingerprint density at radius 3 is 2.83 bits per heavy atom. The van der Waals surface area contributed by atoms with Gasteiger partial charge in [-0.25, -0.2) is 4.98 Å². The van der Waals surface area contributed by atoms with E-state index >= 15 is 0 Å². The summed E-state index contributed by atoms with van der Waals surface area (Å²) in [7, 11) is 3.67. The van der Waals surface area contributed by atoms with Crippen LogP contribution in [-0.2, 0) is 10.5 Å². The van der Waals surface area contributed by atoms with Crippen LogP contribution < -0.4 is 10.9 Å². The van der Waals surface area contributed by atoms with E-state index in [1.165, 1.54) is 23.1 Å². The predicted octanol–water partition coefficient (Wildman–Crippen LogP) is 1.90. The maximum atomic E-state index is 12.3. The molecule has 2 heterocycles. The van der Waals surface area contributed by atoms with Crippen molar-refractivity contribution in [1.82, 2.24) is 20.2 Å². The lowest BCUT2D eigenvalue weighted by molar-refractivity contribution is -0.128. The van der Waals surface area contributed by atoms with Crippen LogP contribution in [0.25, 0.3) is 10.2 Å². The molecule has 0 aromatic carbocycles. The first kappa shape index (κ1) is 19.0. The number of nitrogens with zero attached hydrogens (tertiary/aromatic N) is 2. The molecule has 0 saturated carbocycles. The van der Waals surface area contributed by atoms with Crippen molar-refractivity contribution in [3.63, 3.8) is 0 Å². The zero-order valence-corrected chi connectivity index (χ0v) is 16.4. The van der Waals surface area contributed by atoms with Crippen molar-refractivity contribution < 1.29 is 4.79 Å². The Bertz CT molecular complexity index is 784. The van der Waals surface area contributed by atoms with E-state index in [0.29, 0.717) is 23.5 Å². The number of thioether (sulfide) groups is 1. The monoisotopic (exact) mass is 368 g/mol. The molecule has 0 aliphatic heterocycles. The summed E-state index contributed by atoms with van der Waals surface area (Å²) in [5.41, 5.74) is 0.903. The van der Waals surface area contributed by atoms with E-state index in [9.17, 15) is 9.59 Å². The first-order valence-corrected chi connectivity index (χ1v) is 9.71. The highest BCUT2D eigenvalue weighted by Crippen LogP contribution is 2.26. The minimum Gasteiger partial charge on any atom is -0.344 e. The Morgan fingerprint density at radius 1 is 1.46 bits per heavy atom. The summed E-state index contributed by atoms with van der Waals surface area (Å²) in [6.45, 7) is 7.27. The number of amides is 1. The van der Waals surface area contributed by atoms with Crippen LogP contribution in [0.3, 0.4) is 0 Å². The molecule has 1 unspecified atom stereocenters. The van der Waals surface area contributed by atoms with Gasteiger partial charge in [-0.2, -0.15) is 0 Å². The zero-order valence-electron chi connectivity index (χ0n) is 14.7. The fourth-order valence-electron chi connectivity index (χ4n) is 2.34. The van der Waals surface area contributed by atoms with Crippen LogP contribution in [-0.4, -0.2) is 53.2 Å². The van der Waals surface area contributed by atoms with E-state index in [0.717, 1.165) is 21.8 Å². The Labute approximate surface area is 150 Å². The second-order valence-electron chi connectivity index (χ2n) is 5.79. The van der Waals surface area contributed by atoms with Crippen LogP contribution in [0.5, 0.6) is 0 Å². The first-order chi connectivity index (χ1) is 11.3. The van der Waals surface area contributed by atoms with E-state index in [2.05, 4.69) is 15.3 Å². The molecule has 2 aromatic heterocycles. The third-order valence-corrected chi connectivity index (χ3v) is 6.22. The molecule has 0 bridgehead atoms. The molecule has 132 valence electrons. The van der Waals surface area contributed by atoms with E-state index in [-0.39, 0.29) is 16.7 Å². The van der Waals surface area contributed by atoms with Gasteiger partial charge in [0, 0.05) is 25.0 Å². The smallest absolute Gasteiger partial charge is 0.259 e. The lowest BCUT2D eigenvalue weighted by atomic mass is 10.2. The number of thiophene rings is 1. The summed E-state index contributed by atoms with van der Waals surface area (Å²) < 4.78 is 0. The second kappa shape index (κ2) is 8.13. The van der Waals surface area contributed by atoms with Crippen LogP contribution >= 0.6 is 23.1 Å². The molecule has 2 aromatic rings. The summed E-state index contributed by atoms with van der Waals surface area (Å²) in [6, 6.07) is 0. The van der Waals surface area contributed by atoms with Gasteiger partial charge in [-0.15, -0.1) is 23.1 Å². The lowest BCUT2D eigenvalue weighted by Crippen LogP contribution is -2.37. The van der Waals surface area contributed by atoms with Gasteiger partial charge in [0.25, 0.3) is 5.56 Å². The average molecular weight is 369 g/mol. The number of hydrogen-bond donors (Lipinski definition) is 2. The van der Waals surface area contributed by atoms with E-state index in [4.69, 9.17) is 0 Å². The summed E-state index contributed by atoms with van der Waals surface area (Å²) in [5.74, 6) is 1.21. The fraction of sp³-hybridized carbons (Fsp3) is 0.562. The molecular formula is C16H24N4O2S2. The topological polar surface area (TPSA) is 78.1 Å². The first-order valence-electron chi connectivity index (χ1n) is 7.85. The van der Waals surface area contributed by atoms with Gasteiger partial charge in [-0.3, -0.25) is 9.59 Å². The molecule has 8 heteroatoms. The number of likely N-dealkylation sites (N-methyl/N-ethyl adjacent to an activating group) is 2. The molecule has 0 spiro atoms. The minimum absolute atomic E-state index is 0.0847. The SMILES string of the molecule is CNCCN(C)C(=O)C(C)SCc1nc2sc(C)c(C)c2c(=O)[nH]1. The number of aromatic nitrogens is 2. The van der Waals surface area contributed by atoms with Gasteiger partial charge in [0.05, 0.1) is 16.4 Å². The van der Waals surface area contributed by atoms with Crippen LogP contribution in [0, 0.1) is 13.8 Å². The molecule has 0 saturated heterocycles. The normalized spacial score (nSPS) is 12.5. The Hall–Kier alpha value is -1.38. The third kappa shape index (κ3) is 4.17. The third-order valence-electron chi connectivity index (χ3n) is 3.98. The van der Waals surface area contributed by atoms with Crippen molar-refractivity contribution in [3.8, 4) is 0 Å². The van der Waals surface area contributed by atoms with Crippen LogP contribution in [0.4, 0.5) is 0 Å². The quantitative estimate of drug-likeness (QED) is 0.780. The summed E-state index contributed by atoms with van der Waals surface area (Å²) in [4.78, 5) is 35.5. The number of H-pyrrole nitrogens is 1. The minimum atomic E-state index is -0.181. The van der Waals surface area contributed by atoms with Crippen molar-refractivity contribution in [2.75, 3.05) is 27.2 Å². The number of carbonyl (C=O) groups is 1. The van der Waals surface area contributed by atoms with E-state index < -0.39 is 0 Å². The van der Waals surface area contributed by atoms with Gasteiger partial charge < -0.3 is 15.2 Å². The van der Waals surface area contributed by atoms with Crippen molar-refractivity contribution in [2.24, 2.45) is 0 Å². The number of aryl methyl sites for hydroxylation is 2. The maximum Gasteiger partial charge on any atom is 0.259 e. The number of rotatable bonds is 7. The van der Waals surface area contributed by atoms with Gasteiger partial charge in [-0.05, 0) is 33.4 Å². The van der Waals surface area contributed by atoms with Crippen LogP contribution in [0.1, 0.15) is 23.2 Å². The van der Waals surface area contributed by atoms with Gasteiger partial charge in [0.15, 0.2) is 0 Å².